The number of ether oxygens (including phenoxy) is 1. The van der Waals surface area contributed by atoms with Crippen molar-refractivity contribution in [3.63, 3.8) is 0 Å². The molecule has 122 valence electrons. The van der Waals surface area contributed by atoms with Crippen molar-refractivity contribution in [1.29, 1.82) is 0 Å². The van der Waals surface area contributed by atoms with Crippen molar-refractivity contribution >= 4 is 11.5 Å². The minimum Gasteiger partial charge on any atom is -0.497 e. The van der Waals surface area contributed by atoms with Gasteiger partial charge < -0.3 is 10.1 Å². The number of benzene rings is 1. The lowest BCUT2D eigenvalue weighted by atomic mass is 10.3. The highest BCUT2D eigenvalue weighted by atomic mass is 16.6. The lowest BCUT2D eigenvalue weighted by Crippen LogP contribution is -2.05. The van der Waals surface area contributed by atoms with Gasteiger partial charge in [0, 0.05) is 18.5 Å². The Morgan fingerprint density at radius 1 is 1.25 bits per heavy atom. The molecular weight excluding hydrogens is 310 g/mol. The molecule has 2 aromatic heterocycles. The van der Waals surface area contributed by atoms with Crippen molar-refractivity contribution in [2.45, 2.75) is 6.54 Å². The zero-order valence-electron chi connectivity index (χ0n) is 12.9. The smallest absolute Gasteiger partial charge is 0.311 e. The molecule has 2 heterocycles. The molecule has 0 atom stereocenters. The highest BCUT2D eigenvalue weighted by Gasteiger charge is 2.13. The van der Waals surface area contributed by atoms with E-state index in [-0.39, 0.29) is 11.5 Å². The van der Waals surface area contributed by atoms with Crippen LogP contribution in [0.2, 0.25) is 0 Å². The summed E-state index contributed by atoms with van der Waals surface area (Å²) in [6.07, 6.45) is 3.33. The first-order valence-corrected chi connectivity index (χ1v) is 7.19. The third-order valence-corrected chi connectivity index (χ3v) is 3.40. The van der Waals surface area contributed by atoms with Crippen LogP contribution in [0.5, 0.6) is 5.75 Å². The van der Waals surface area contributed by atoms with Crippen LogP contribution in [0.3, 0.4) is 0 Å². The fourth-order valence-electron chi connectivity index (χ4n) is 2.19. The Labute approximate surface area is 137 Å². The van der Waals surface area contributed by atoms with Crippen molar-refractivity contribution < 1.29 is 9.66 Å². The van der Waals surface area contributed by atoms with Crippen molar-refractivity contribution in [1.82, 2.24) is 14.8 Å². The topological polar surface area (TPSA) is 95.1 Å². The highest BCUT2D eigenvalue weighted by Crippen LogP contribution is 2.21. The first kappa shape index (κ1) is 15.5. The molecular formula is C16H15N5O3. The van der Waals surface area contributed by atoms with Crippen LogP contribution in [0, 0.1) is 10.1 Å². The molecule has 0 bridgehead atoms. The van der Waals surface area contributed by atoms with E-state index in [9.17, 15) is 10.1 Å². The van der Waals surface area contributed by atoms with Crippen LogP contribution in [0.1, 0.15) is 5.69 Å². The maximum Gasteiger partial charge on any atom is 0.311 e. The Hall–Kier alpha value is -3.42. The van der Waals surface area contributed by atoms with Crippen LogP contribution in [0.4, 0.5) is 11.5 Å². The second-order valence-corrected chi connectivity index (χ2v) is 4.93. The molecule has 0 amide bonds. The first-order valence-electron chi connectivity index (χ1n) is 7.19. The molecule has 8 heteroatoms. The average molecular weight is 325 g/mol. The zero-order valence-corrected chi connectivity index (χ0v) is 12.9. The molecule has 3 rings (SSSR count). The number of anilines is 1. The zero-order chi connectivity index (χ0) is 16.9. The molecule has 0 spiro atoms. The van der Waals surface area contributed by atoms with E-state index in [0.29, 0.717) is 6.54 Å². The number of aromatic nitrogens is 3. The number of nitro groups is 1. The Kier molecular flexibility index (Phi) is 4.37. The van der Waals surface area contributed by atoms with E-state index in [4.69, 9.17) is 4.74 Å². The van der Waals surface area contributed by atoms with Gasteiger partial charge in [0.2, 0.25) is 5.82 Å². The van der Waals surface area contributed by atoms with Gasteiger partial charge in [-0.2, -0.15) is 5.10 Å². The van der Waals surface area contributed by atoms with Crippen LogP contribution in [0.15, 0.2) is 54.9 Å². The molecule has 3 aromatic rings. The maximum absolute atomic E-state index is 11.0. The average Bonchev–Trinajstić information content (AvgIpc) is 3.09. The van der Waals surface area contributed by atoms with Crippen molar-refractivity contribution in [2.24, 2.45) is 0 Å². The van der Waals surface area contributed by atoms with E-state index in [0.717, 1.165) is 17.1 Å². The van der Waals surface area contributed by atoms with Crippen molar-refractivity contribution in [3.8, 4) is 11.4 Å². The number of rotatable bonds is 6. The summed E-state index contributed by atoms with van der Waals surface area (Å²) in [7, 11) is 1.61. The number of hydrogen-bond donors (Lipinski definition) is 1. The fraction of sp³-hybridized carbons (Fsp3) is 0.125. The molecule has 24 heavy (non-hydrogen) atoms. The Morgan fingerprint density at radius 3 is 2.75 bits per heavy atom. The van der Waals surface area contributed by atoms with Crippen LogP contribution in [-0.4, -0.2) is 26.8 Å². The molecule has 8 nitrogen and oxygen atoms in total. The van der Waals surface area contributed by atoms with Crippen molar-refractivity contribution in [2.75, 3.05) is 12.4 Å². The summed E-state index contributed by atoms with van der Waals surface area (Å²) in [5.74, 6) is 0.997. The Morgan fingerprint density at radius 2 is 2.04 bits per heavy atom. The van der Waals surface area contributed by atoms with E-state index in [1.165, 1.54) is 18.3 Å². The highest BCUT2D eigenvalue weighted by molar-refractivity contribution is 5.55. The van der Waals surface area contributed by atoms with Crippen molar-refractivity contribution in [3.05, 3.63) is 70.7 Å². The van der Waals surface area contributed by atoms with Gasteiger partial charge in [-0.05, 0) is 36.4 Å². The van der Waals surface area contributed by atoms with Gasteiger partial charge in [-0.1, -0.05) is 0 Å². The summed E-state index contributed by atoms with van der Waals surface area (Å²) in [5.41, 5.74) is 1.57. The van der Waals surface area contributed by atoms with Gasteiger partial charge in [0.05, 0.1) is 30.0 Å². The molecule has 0 saturated heterocycles. The predicted octanol–water partition coefficient (Wildman–Crippen LogP) is 2.80. The third-order valence-electron chi connectivity index (χ3n) is 3.40. The van der Waals surface area contributed by atoms with Crippen LogP contribution in [-0.2, 0) is 6.54 Å². The number of pyridine rings is 1. The van der Waals surface area contributed by atoms with Crippen LogP contribution < -0.4 is 10.1 Å². The molecule has 0 aliphatic heterocycles. The molecule has 0 aliphatic carbocycles. The predicted molar refractivity (Wildman–Crippen MR) is 88.3 cm³/mol. The second kappa shape index (κ2) is 6.78. The third kappa shape index (κ3) is 3.32. The molecule has 0 radical (unpaired) electrons. The summed E-state index contributed by atoms with van der Waals surface area (Å²) >= 11 is 0. The lowest BCUT2D eigenvalue weighted by Gasteiger charge is -2.05. The first-order chi connectivity index (χ1) is 11.7. The normalized spacial score (nSPS) is 10.4. The minimum absolute atomic E-state index is 0.0629. The monoisotopic (exact) mass is 325 g/mol. The number of nitrogens with zero attached hydrogens (tertiary/aromatic N) is 4. The molecule has 0 unspecified atom stereocenters. The van der Waals surface area contributed by atoms with Gasteiger partial charge in [-0.3, -0.25) is 10.1 Å². The van der Waals surface area contributed by atoms with E-state index in [2.05, 4.69) is 15.4 Å². The SMILES string of the molecule is COc1ccc(-n2ccc(CNc3ncccc3[N+](=O)[O-])n2)cc1. The number of methoxy groups -OCH3 is 1. The van der Waals surface area contributed by atoms with Gasteiger partial charge >= 0.3 is 5.69 Å². The second-order valence-electron chi connectivity index (χ2n) is 4.93. The summed E-state index contributed by atoms with van der Waals surface area (Å²) in [5, 5.41) is 18.4. The van der Waals surface area contributed by atoms with Gasteiger partial charge in [-0.25, -0.2) is 9.67 Å². The largest absolute Gasteiger partial charge is 0.497 e. The van der Waals surface area contributed by atoms with Crippen LogP contribution >= 0.6 is 0 Å². The van der Waals surface area contributed by atoms with E-state index in [1.807, 2.05) is 36.5 Å². The molecule has 0 fully saturated rings. The maximum atomic E-state index is 11.0. The number of nitrogens with one attached hydrogen (secondary N) is 1. The van der Waals surface area contributed by atoms with E-state index in [1.54, 1.807) is 11.8 Å². The van der Waals surface area contributed by atoms with E-state index < -0.39 is 4.92 Å². The van der Waals surface area contributed by atoms with Gasteiger partial charge in [0.15, 0.2) is 0 Å². The Bertz CT molecular complexity index is 845. The number of hydrogen-bond acceptors (Lipinski definition) is 6. The minimum atomic E-state index is -0.467. The summed E-state index contributed by atoms with van der Waals surface area (Å²) < 4.78 is 6.85. The standard InChI is InChI=1S/C16H15N5O3/c1-24-14-6-4-13(5-7-14)20-10-8-12(19-20)11-18-16-15(21(22)23)3-2-9-17-16/h2-10H,11H2,1H3,(H,17,18). The molecule has 0 saturated carbocycles. The molecule has 1 aromatic carbocycles. The molecule has 0 aliphatic rings. The summed E-state index contributed by atoms with van der Waals surface area (Å²) in [4.78, 5) is 14.5. The van der Waals surface area contributed by atoms with Gasteiger partial charge in [0.25, 0.3) is 0 Å². The fourth-order valence-corrected chi connectivity index (χ4v) is 2.19. The summed E-state index contributed by atoms with van der Waals surface area (Å²) in [6, 6.07) is 12.3. The van der Waals surface area contributed by atoms with Gasteiger partial charge in [-0.15, -0.1) is 0 Å². The van der Waals surface area contributed by atoms with E-state index >= 15 is 0 Å². The van der Waals surface area contributed by atoms with Gasteiger partial charge in [0.1, 0.15) is 5.75 Å². The summed E-state index contributed by atoms with van der Waals surface area (Å²) in [6.45, 7) is 0.334. The lowest BCUT2D eigenvalue weighted by molar-refractivity contribution is -0.384. The van der Waals surface area contributed by atoms with Crippen LogP contribution in [0.25, 0.3) is 5.69 Å². The quantitative estimate of drug-likeness (QED) is 0.553. The molecule has 1 N–H and O–H groups in total. The Balaban J connectivity index is 1.71.